The van der Waals surface area contributed by atoms with Crippen molar-refractivity contribution >= 4 is 5.70 Å². The van der Waals surface area contributed by atoms with Crippen LogP contribution in [0.5, 0.6) is 0 Å². The zero-order valence-corrected chi connectivity index (χ0v) is 9.15. The van der Waals surface area contributed by atoms with E-state index in [2.05, 4.69) is 4.98 Å². The maximum absolute atomic E-state index is 12.9. The molecule has 3 nitrogen and oxygen atoms in total. The van der Waals surface area contributed by atoms with Crippen molar-refractivity contribution in [1.29, 1.82) is 5.26 Å². The summed E-state index contributed by atoms with van der Waals surface area (Å²) in [5, 5.41) is 8.67. The predicted octanol–water partition coefficient (Wildman–Crippen LogP) is 2.71. The lowest BCUT2D eigenvalue weighted by Gasteiger charge is -2.30. The Labute approximate surface area is 101 Å². The van der Waals surface area contributed by atoms with E-state index in [4.69, 9.17) is 5.26 Å². The molecule has 0 aromatic carbocycles. The van der Waals surface area contributed by atoms with Crippen molar-refractivity contribution in [2.45, 2.75) is 6.30 Å². The largest absolute Gasteiger partial charge is 0.485 e. The fourth-order valence-corrected chi connectivity index (χ4v) is 1.61. The molecule has 1 aliphatic rings. The van der Waals surface area contributed by atoms with Gasteiger partial charge in [-0.1, -0.05) is 6.07 Å². The van der Waals surface area contributed by atoms with Gasteiger partial charge in [-0.3, -0.25) is 9.88 Å². The predicted molar refractivity (Wildman–Crippen MR) is 58.7 cm³/mol. The standard InChI is InChI=1S/C12H8F3N3/c13-12(14,15)18-8-9(7-16)4-5-11(18)10-3-1-2-6-17-10/h1-6H,8H2. The van der Waals surface area contributed by atoms with Crippen LogP contribution in [-0.4, -0.2) is 22.7 Å². The first-order chi connectivity index (χ1) is 8.52. The molecular weight excluding hydrogens is 243 g/mol. The Morgan fingerprint density at radius 1 is 1.28 bits per heavy atom. The van der Waals surface area contributed by atoms with Crippen LogP contribution in [0.25, 0.3) is 5.70 Å². The van der Waals surface area contributed by atoms with Crippen LogP contribution in [0.4, 0.5) is 13.2 Å². The van der Waals surface area contributed by atoms with E-state index in [1.54, 1.807) is 18.2 Å². The first kappa shape index (κ1) is 12.2. The summed E-state index contributed by atoms with van der Waals surface area (Å²) in [4.78, 5) is 4.11. The van der Waals surface area contributed by atoms with Crippen molar-refractivity contribution in [3.63, 3.8) is 0 Å². The van der Waals surface area contributed by atoms with E-state index < -0.39 is 12.8 Å². The first-order valence-corrected chi connectivity index (χ1v) is 5.09. The Bertz CT molecular complexity index is 538. The van der Waals surface area contributed by atoms with Crippen molar-refractivity contribution in [1.82, 2.24) is 9.88 Å². The molecule has 0 radical (unpaired) electrons. The summed E-state index contributed by atoms with van der Waals surface area (Å²) in [6.07, 6.45) is -0.474. The third-order valence-electron chi connectivity index (χ3n) is 2.44. The Hall–Kier alpha value is -2.29. The van der Waals surface area contributed by atoms with E-state index in [-0.39, 0.29) is 21.9 Å². The normalized spacial score (nSPS) is 15.8. The van der Waals surface area contributed by atoms with Gasteiger partial charge in [0.2, 0.25) is 0 Å². The lowest BCUT2D eigenvalue weighted by molar-refractivity contribution is -0.219. The second kappa shape index (κ2) is 4.53. The van der Waals surface area contributed by atoms with Crippen molar-refractivity contribution in [3.8, 4) is 6.07 Å². The number of aromatic nitrogens is 1. The number of hydrogen-bond acceptors (Lipinski definition) is 3. The number of hydrogen-bond donors (Lipinski definition) is 0. The Morgan fingerprint density at radius 3 is 2.61 bits per heavy atom. The summed E-state index contributed by atoms with van der Waals surface area (Å²) in [5.74, 6) is 0. The van der Waals surface area contributed by atoms with E-state index in [0.717, 1.165) is 0 Å². The summed E-state index contributed by atoms with van der Waals surface area (Å²) < 4.78 is 38.7. The van der Waals surface area contributed by atoms with Crippen LogP contribution in [0.2, 0.25) is 0 Å². The van der Waals surface area contributed by atoms with E-state index in [1.807, 2.05) is 0 Å². The maximum Gasteiger partial charge on any atom is 0.485 e. The molecule has 0 N–H and O–H groups in total. The SMILES string of the molecule is N#CC1=CC=C(c2ccccn2)N(C(F)(F)F)C1. The fraction of sp³-hybridized carbons (Fsp3) is 0.167. The van der Waals surface area contributed by atoms with Crippen LogP contribution in [-0.2, 0) is 0 Å². The number of pyridine rings is 1. The van der Waals surface area contributed by atoms with Gasteiger partial charge in [-0.05, 0) is 24.3 Å². The minimum atomic E-state index is -4.54. The molecule has 92 valence electrons. The van der Waals surface area contributed by atoms with Crippen LogP contribution >= 0.6 is 0 Å². The van der Waals surface area contributed by atoms with Crippen molar-refractivity contribution in [3.05, 3.63) is 47.8 Å². The third kappa shape index (κ3) is 2.35. The van der Waals surface area contributed by atoms with E-state index in [1.165, 1.54) is 24.4 Å². The highest BCUT2D eigenvalue weighted by Gasteiger charge is 2.40. The quantitative estimate of drug-likeness (QED) is 0.720. The zero-order valence-electron chi connectivity index (χ0n) is 9.15. The summed E-state index contributed by atoms with van der Waals surface area (Å²) in [7, 11) is 0. The van der Waals surface area contributed by atoms with Gasteiger partial charge in [-0.15, -0.1) is 0 Å². The van der Waals surface area contributed by atoms with Crippen LogP contribution in [0, 0.1) is 11.3 Å². The molecule has 0 saturated heterocycles. The van der Waals surface area contributed by atoms with Crippen LogP contribution in [0.3, 0.4) is 0 Å². The van der Waals surface area contributed by atoms with Gasteiger partial charge in [-0.2, -0.15) is 18.4 Å². The number of halogens is 3. The average Bonchev–Trinajstić information content (AvgIpc) is 2.38. The fourth-order valence-electron chi connectivity index (χ4n) is 1.61. The monoisotopic (exact) mass is 251 g/mol. The van der Waals surface area contributed by atoms with Gasteiger partial charge < -0.3 is 0 Å². The number of rotatable bonds is 1. The topological polar surface area (TPSA) is 39.9 Å². The van der Waals surface area contributed by atoms with Crippen LogP contribution in [0.1, 0.15) is 5.69 Å². The second-order valence-corrected chi connectivity index (χ2v) is 3.62. The molecule has 0 saturated carbocycles. The molecular formula is C12H8F3N3. The molecule has 0 spiro atoms. The lowest BCUT2D eigenvalue weighted by atomic mass is 10.1. The first-order valence-electron chi connectivity index (χ1n) is 5.09. The third-order valence-corrected chi connectivity index (χ3v) is 2.44. The van der Waals surface area contributed by atoms with Crippen molar-refractivity contribution in [2.75, 3.05) is 6.54 Å². The summed E-state index contributed by atoms with van der Waals surface area (Å²) in [6.45, 7) is -0.484. The molecule has 2 heterocycles. The van der Waals surface area contributed by atoms with Crippen molar-refractivity contribution < 1.29 is 13.2 Å². The van der Waals surface area contributed by atoms with Gasteiger partial charge in [-0.25, -0.2) is 0 Å². The van der Waals surface area contributed by atoms with Crippen LogP contribution < -0.4 is 0 Å². The Morgan fingerprint density at radius 2 is 2.06 bits per heavy atom. The number of nitrogens with zero attached hydrogens (tertiary/aromatic N) is 3. The van der Waals surface area contributed by atoms with E-state index in [0.29, 0.717) is 0 Å². The molecule has 0 unspecified atom stereocenters. The summed E-state index contributed by atoms with van der Waals surface area (Å²) in [5.41, 5.74) is 0.233. The van der Waals surface area contributed by atoms with Gasteiger partial charge in [0.1, 0.15) is 0 Å². The summed E-state index contributed by atoms with van der Waals surface area (Å²) >= 11 is 0. The molecule has 0 bridgehead atoms. The minimum absolute atomic E-state index is 0.0536. The number of allylic oxidation sites excluding steroid dienone is 2. The average molecular weight is 251 g/mol. The lowest BCUT2D eigenvalue weighted by Crippen LogP contribution is -2.39. The highest BCUT2D eigenvalue weighted by molar-refractivity contribution is 5.65. The molecule has 1 aromatic heterocycles. The van der Waals surface area contributed by atoms with Gasteiger partial charge in [0.05, 0.1) is 24.0 Å². The molecule has 0 atom stereocenters. The summed E-state index contributed by atoms with van der Waals surface area (Å²) in [6, 6.07) is 6.47. The van der Waals surface area contributed by atoms with Gasteiger partial charge in [0, 0.05) is 11.8 Å². The molecule has 1 aliphatic heterocycles. The number of nitriles is 1. The highest BCUT2D eigenvalue weighted by Crippen LogP contribution is 2.33. The second-order valence-electron chi connectivity index (χ2n) is 3.62. The van der Waals surface area contributed by atoms with E-state index >= 15 is 0 Å². The van der Waals surface area contributed by atoms with Gasteiger partial charge >= 0.3 is 6.30 Å². The molecule has 1 aromatic rings. The molecule has 2 rings (SSSR count). The molecule has 0 amide bonds. The van der Waals surface area contributed by atoms with Crippen molar-refractivity contribution in [2.24, 2.45) is 0 Å². The molecule has 6 heteroatoms. The molecule has 18 heavy (non-hydrogen) atoms. The zero-order chi connectivity index (χ0) is 13.2. The van der Waals surface area contributed by atoms with Gasteiger partial charge in [0.15, 0.2) is 0 Å². The smallest absolute Gasteiger partial charge is 0.277 e. The van der Waals surface area contributed by atoms with Gasteiger partial charge in [0.25, 0.3) is 0 Å². The highest BCUT2D eigenvalue weighted by atomic mass is 19.4. The maximum atomic E-state index is 12.9. The minimum Gasteiger partial charge on any atom is -0.277 e. The van der Waals surface area contributed by atoms with Crippen LogP contribution in [0.15, 0.2) is 42.1 Å². The van der Waals surface area contributed by atoms with E-state index in [9.17, 15) is 13.2 Å². The Balaban J connectivity index is 2.45. The molecule has 0 aliphatic carbocycles. The number of alkyl halides is 3. The molecule has 0 fully saturated rings. The Kier molecular flexibility index (Phi) is 3.06.